The molecule has 1 atom stereocenters. The molecule has 112 valence electrons. The summed E-state index contributed by atoms with van der Waals surface area (Å²) in [4.78, 5) is 1.46. The molecule has 1 aromatic carbocycles. The third-order valence-electron chi connectivity index (χ3n) is 3.99. The van der Waals surface area contributed by atoms with Crippen LogP contribution in [0.4, 0.5) is 0 Å². The van der Waals surface area contributed by atoms with E-state index in [0.717, 1.165) is 11.8 Å². The van der Waals surface area contributed by atoms with Crippen molar-refractivity contribution in [3.63, 3.8) is 0 Å². The molecule has 0 spiro atoms. The fourth-order valence-electron chi connectivity index (χ4n) is 2.80. The van der Waals surface area contributed by atoms with Gasteiger partial charge >= 0.3 is 0 Å². The molecule has 1 saturated carbocycles. The molecular weight excluding hydrogens is 330 g/mol. The zero-order valence-electron chi connectivity index (χ0n) is 12.6. The Morgan fingerprint density at radius 3 is 2.75 bits per heavy atom. The van der Waals surface area contributed by atoms with Gasteiger partial charge in [0.15, 0.2) is 0 Å². The predicted octanol–water partition coefficient (Wildman–Crippen LogP) is 5.93. The molecule has 1 aliphatic carbocycles. The minimum absolute atomic E-state index is 0.439. The Labute approximate surface area is 136 Å². The highest BCUT2D eigenvalue weighted by Gasteiger charge is 2.18. The lowest BCUT2D eigenvalue weighted by Gasteiger charge is -2.24. The summed E-state index contributed by atoms with van der Waals surface area (Å²) < 4.78 is 1.20. The molecule has 0 saturated heterocycles. The number of halogens is 1. The van der Waals surface area contributed by atoms with Crippen molar-refractivity contribution in [1.82, 2.24) is 5.32 Å². The van der Waals surface area contributed by atoms with Gasteiger partial charge in [0.25, 0.3) is 0 Å². The van der Waals surface area contributed by atoms with Gasteiger partial charge in [-0.2, -0.15) is 0 Å². The van der Waals surface area contributed by atoms with Crippen molar-refractivity contribution in [1.29, 1.82) is 0 Å². The van der Waals surface area contributed by atoms with Gasteiger partial charge in [0.2, 0.25) is 0 Å². The maximum atomic E-state index is 3.63. The van der Waals surface area contributed by atoms with Gasteiger partial charge < -0.3 is 5.32 Å². The van der Waals surface area contributed by atoms with E-state index >= 15 is 0 Å². The molecule has 2 rings (SSSR count). The second-order valence-electron chi connectivity index (χ2n) is 5.74. The highest BCUT2D eigenvalue weighted by atomic mass is 79.9. The first-order valence-corrected chi connectivity index (χ1v) is 9.57. The first-order chi connectivity index (χ1) is 9.70. The third kappa shape index (κ3) is 4.78. The first kappa shape index (κ1) is 16.4. The summed E-state index contributed by atoms with van der Waals surface area (Å²) in [5.41, 5.74) is 1.46. The molecule has 1 nitrogen and oxygen atoms in total. The Balaban J connectivity index is 2.10. The maximum Gasteiger partial charge on any atom is 0.0302 e. The van der Waals surface area contributed by atoms with Gasteiger partial charge in [-0.15, -0.1) is 11.8 Å². The fourth-order valence-corrected chi connectivity index (χ4v) is 4.82. The van der Waals surface area contributed by atoms with Gasteiger partial charge in [-0.1, -0.05) is 48.2 Å². The Morgan fingerprint density at radius 1 is 1.30 bits per heavy atom. The van der Waals surface area contributed by atoms with E-state index in [4.69, 9.17) is 0 Å². The summed E-state index contributed by atoms with van der Waals surface area (Å²) in [6.45, 7) is 5.59. The average Bonchev–Trinajstić information content (AvgIpc) is 2.46. The number of nitrogens with one attached hydrogen (secondary N) is 1. The quantitative estimate of drug-likeness (QED) is 0.677. The normalized spacial score (nSPS) is 18.1. The molecular formula is C17H26BrNS. The van der Waals surface area contributed by atoms with Crippen molar-refractivity contribution in [2.45, 2.75) is 68.6 Å². The minimum atomic E-state index is 0.439. The average molecular weight is 356 g/mol. The smallest absolute Gasteiger partial charge is 0.0302 e. The zero-order chi connectivity index (χ0) is 14.4. The molecule has 1 N–H and O–H groups in total. The van der Waals surface area contributed by atoms with Gasteiger partial charge in [-0.3, -0.25) is 0 Å². The van der Waals surface area contributed by atoms with Crippen LogP contribution in [-0.4, -0.2) is 11.8 Å². The largest absolute Gasteiger partial charge is 0.310 e. The van der Waals surface area contributed by atoms with Crippen LogP contribution in [0, 0.1) is 0 Å². The number of rotatable bonds is 6. The van der Waals surface area contributed by atoms with Gasteiger partial charge in [-0.25, -0.2) is 0 Å². The molecule has 0 heterocycles. The predicted molar refractivity (Wildman–Crippen MR) is 93.6 cm³/mol. The second-order valence-corrected chi connectivity index (χ2v) is 7.99. The van der Waals surface area contributed by atoms with Crippen molar-refractivity contribution >= 4 is 27.7 Å². The van der Waals surface area contributed by atoms with E-state index in [1.165, 1.54) is 53.5 Å². The lowest BCUT2D eigenvalue weighted by atomic mass is 10.0. The van der Waals surface area contributed by atoms with Crippen molar-refractivity contribution in [3.8, 4) is 0 Å². The Bertz CT molecular complexity index is 415. The zero-order valence-corrected chi connectivity index (χ0v) is 15.0. The van der Waals surface area contributed by atoms with Crippen molar-refractivity contribution in [2.75, 3.05) is 6.54 Å². The van der Waals surface area contributed by atoms with E-state index < -0.39 is 0 Å². The molecule has 0 amide bonds. The summed E-state index contributed by atoms with van der Waals surface area (Å²) in [6, 6.07) is 7.19. The lowest BCUT2D eigenvalue weighted by molar-refractivity contribution is 0.515. The summed E-state index contributed by atoms with van der Waals surface area (Å²) >= 11 is 5.73. The van der Waals surface area contributed by atoms with Crippen LogP contribution in [0.3, 0.4) is 0 Å². The molecule has 0 radical (unpaired) electrons. The maximum absolute atomic E-state index is 3.63. The van der Waals surface area contributed by atoms with E-state index in [2.05, 4.69) is 65.1 Å². The van der Waals surface area contributed by atoms with Crippen LogP contribution in [0.25, 0.3) is 0 Å². The topological polar surface area (TPSA) is 12.0 Å². The van der Waals surface area contributed by atoms with Crippen molar-refractivity contribution in [3.05, 3.63) is 28.2 Å². The molecule has 3 heteroatoms. The first-order valence-electron chi connectivity index (χ1n) is 7.90. The van der Waals surface area contributed by atoms with Crippen LogP contribution in [0.2, 0.25) is 0 Å². The molecule has 0 aromatic heterocycles. The molecule has 20 heavy (non-hydrogen) atoms. The van der Waals surface area contributed by atoms with Crippen molar-refractivity contribution in [2.24, 2.45) is 0 Å². The number of hydrogen-bond acceptors (Lipinski definition) is 2. The highest BCUT2D eigenvalue weighted by molar-refractivity contribution is 9.10. The Hall–Kier alpha value is 0.01000. The Kier molecular flexibility index (Phi) is 6.92. The SMILES string of the molecule is CCCNC(C)c1ccc(Br)cc1SC1CCCCC1. The van der Waals surface area contributed by atoms with Gasteiger partial charge in [0, 0.05) is 20.7 Å². The third-order valence-corrected chi connectivity index (χ3v) is 5.89. The molecule has 1 aliphatic rings. The standard InChI is InChI=1S/C17H26BrNS/c1-3-11-19-13(2)16-10-9-14(18)12-17(16)20-15-7-5-4-6-8-15/h9-10,12-13,15,19H,3-8,11H2,1-2H3. The Morgan fingerprint density at radius 2 is 2.05 bits per heavy atom. The summed E-state index contributed by atoms with van der Waals surface area (Å²) in [5.74, 6) is 0. The molecule has 1 unspecified atom stereocenters. The lowest BCUT2D eigenvalue weighted by Crippen LogP contribution is -2.20. The van der Waals surface area contributed by atoms with E-state index in [0.29, 0.717) is 6.04 Å². The number of hydrogen-bond donors (Lipinski definition) is 1. The van der Waals surface area contributed by atoms with E-state index in [-0.39, 0.29) is 0 Å². The molecule has 0 aliphatic heterocycles. The van der Waals surface area contributed by atoms with Crippen LogP contribution >= 0.6 is 27.7 Å². The van der Waals surface area contributed by atoms with Crippen LogP contribution in [0.5, 0.6) is 0 Å². The monoisotopic (exact) mass is 355 g/mol. The van der Waals surface area contributed by atoms with Gasteiger partial charge in [-0.05, 0) is 50.4 Å². The summed E-state index contributed by atoms with van der Waals surface area (Å²) in [5, 5.41) is 4.43. The van der Waals surface area contributed by atoms with Crippen LogP contribution in [0.1, 0.15) is 64.0 Å². The number of thioether (sulfide) groups is 1. The van der Waals surface area contributed by atoms with E-state index in [1.807, 2.05) is 0 Å². The van der Waals surface area contributed by atoms with Crippen LogP contribution in [0.15, 0.2) is 27.6 Å². The van der Waals surface area contributed by atoms with E-state index in [9.17, 15) is 0 Å². The van der Waals surface area contributed by atoms with Gasteiger partial charge in [0.1, 0.15) is 0 Å². The highest BCUT2D eigenvalue weighted by Crippen LogP contribution is 2.38. The van der Waals surface area contributed by atoms with Crippen LogP contribution < -0.4 is 5.32 Å². The molecule has 0 bridgehead atoms. The van der Waals surface area contributed by atoms with Crippen LogP contribution in [-0.2, 0) is 0 Å². The fraction of sp³-hybridized carbons (Fsp3) is 0.647. The molecule has 1 aromatic rings. The summed E-state index contributed by atoms with van der Waals surface area (Å²) in [6.07, 6.45) is 8.19. The van der Waals surface area contributed by atoms with E-state index in [1.54, 1.807) is 0 Å². The molecule has 1 fully saturated rings. The second kappa shape index (κ2) is 8.45. The summed E-state index contributed by atoms with van der Waals surface area (Å²) in [7, 11) is 0. The number of benzene rings is 1. The van der Waals surface area contributed by atoms with Gasteiger partial charge in [0.05, 0.1) is 0 Å². The minimum Gasteiger partial charge on any atom is -0.310 e. The van der Waals surface area contributed by atoms with Crippen molar-refractivity contribution < 1.29 is 0 Å².